The molecule has 0 N–H and O–H groups in total. The second kappa shape index (κ2) is 10.3. The van der Waals surface area contributed by atoms with Crippen LogP contribution in [0, 0.1) is 18.8 Å². The molecular weight excluding hydrogens is 312 g/mol. The first-order valence-electron chi connectivity index (χ1n) is 10.1. The minimum atomic E-state index is 0.912. The first-order valence-corrected chi connectivity index (χ1v) is 10.5. The van der Waals surface area contributed by atoms with E-state index in [0.717, 1.165) is 23.3 Å². The highest BCUT2D eigenvalue weighted by Crippen LogP contribution is 2.34. The Morgan fingerprint density at radius 1 is 1.00 bits per heavy atom. The molecule has 2 rings (SSSR count). The van der Waals surface area contributed by atoms with E-state index in [1.807, 2.05) is 0 Å². The van der Waals surface area contributed by atoms with E-state index in [9.17, 15) is 0 Å². The monoisotopic (exact) mass is 346 g/mol. The summed E-state index contributed by atoms with van der Waals surface area (Å²) in [7, 11) is 0. The van der Waals surface area contributed by atoms with Crippen molar-refractivity contribution in [2.45, 2.75) is 85.0 Å². The average Bonchev–Trinajstić information content (AvgIpc) is 2.58. The second-order valence-electron chi connectivity index (χ2n) is 7.71. The van der Waals surface area contributed by atoms with Gasteiger partial charge < -0.3 is 0 Å². The Balaban J connectivity index is 1.88. The van der Waals surface area contributed by atoms with Crippen LogP contribution in [0.4, 0.5) is 0 Å². The molecule has 1 saturated carbocycles. The molecule has 0 saturated heterocycles. The Morgan fingerprint density at radius 3 is 2.29 bits per heavy atom. The number of allylic oxidation sites excluding steroid dienone is 1. The van der Waals surface area contributed by atoms with Crippen molar-refractivity contribution >= 4 is 17.7 Å². The number of benzene rings is 1. The molecule has 1 fully saturated rings. The van der Waals surface area contributed by atoms with E-state index in [4.69, 9.17) is 11.6 Å². The lowest BCUT2D eigenvalue weighted by molar-refractivity contribution is 0.252. The molecule has 0 bridgehead atoms. The van der Waals surface area contributed by atoms with Gasteiger partial charge in [0.2, 0.25) is 0 Å². The van der Waals surface area contributed by atoms with Crippen LogP contribution in [0.2, 0.25) is 5.02 Å². The van der Waals surface area contributed by atoms with Crippen molar-refractivity contribution in [3.8, 4) is 0 Å². The maximum absolute atomic E-state index is 6.50. The van der Waals surface area contributed by atoms with Crippen LogP contribution in [-0.2, 0) is 6.42 Å². The normalized spacial score (nSPS) is 21.5. The van der Waals surface area contributed by atoms with E-state index >= 15 is 0 Å². The number of aryl methyl sites for hydroxylation is 2. The van der Waals surface area contributed by atoms with Crippen molar-refractivity contribution in [3.63, 3.8) is 0 Å². The smallest absolute Gasteiger partial charge is 0.0481 e. The third-order valence-electron chi connectivity index (χ3n) is 5.69. The Morgan fingerprint density at radius 2 is 1.67 bits per heavy atom. The van der Waals surface area contributed by atoms with Gasteiger partial charge in [0.1, 0.15) is 0 Å². The van der Waals surface area contributed by atoms with Gasteiger partial charge in [0.05, 0.1) is 0 Å². The highest BCUT2D eigenvalue weighted by atomic mass is 35.5. The molecule has 0 unspecified atom stereocenters. The summed E-state index contributed by atoms with van der Waals surface area (Å²) in [6, 6.07) is 4.48. The molecule has 0 aromatic heterocycles. The molecule has 134 valence electrons. The summed E-state index contributed by atoms with van der Waals surface area (Å²) >= 11 is 6.50. The van der Waals surface area contributed by atoms with Crippen LogP contribution in [0.1, 0.15) is 88.3 Å². The van der Waals surface area contributed by atoms with Crippen LogP contribution in [0.25, 0.3) is 6.08 Å². The Hall–Kier alpha value is -0.750. The molecular formula is C23H35Cl. The molecule has 0 atom stereocenters. The molecule has 0 heterocycles. The summed E-state index contributed by atoms with van der Waals surface area (Å²) in [6.45, 7) is 6.76. The zero-order chi connectivity index (χ0) is 17.4. The summed E-state index contributed by atoms with van der Waals surface area (Å²) in [5.41, 5.74) is 4.02. The predicted octanol–water partition coefficient (Wildman–Crippen LogP) is 8.00. The minimum Gasteiger partial charge on any atom is -0.0839 e. The maximum Gasteiger partial charge on any atom is 0.0481 e. The largest absolute Gasteiger partial charge is 0.0839 e. The molecule has 0 nitrogen and oxygen atoms in total. The molecule has 1 heteroatoms. The van der Waals surface area contributed by atoms with Gasteiger partial charge in [-0.05, 0) is 60.8 Å². The number of hydrogen-bond donors (Lipinski definition) is 0. The number of halogens is 1. The Bertz CT molecular complexity index is 521. The van der Waals surface area contributed by atoms with Gasteiger partial charge in [-0.3, -0.25) is 0 Å². The van der Waals surface area contributed by atoms with Crippen molar-refractivity contribution in [2.75, 3.05) is 0 Å². The van der Waals surface area contributed by atoms with E-state index in [-0.39, 0.29) is 0 Å². The average molecular weight is 347 g/mol. The summed E-state index contributed by atoms with van der Waals surface area (Å²) in [5.74, 6) is 1.94. The van der Waals surface area contributed by atoms with Crippen LogP contribution >= 0.6 is 11.6 Å². The fraction of sp³-hybridized carbons (Fsp3) is 0.652. The molecule has 24 heavy (non-hydrogen) atoms. The van der Waals surface area contributed by atoms with Gasteiger partial charge in [0, 0.05) is 5.02 Å². The molecule has 1 aliphatic rings. The standard InChI is InChI=1S/C23H35Cl/c1-4-6-7-9-22-16-18(3)21(17-23(22)24)15-14-20-12-10-19(8-5-2)11-13-20/h7,9,16-17,19-20H,4-6,8,10-15H2,1-3H3. The quantitative estimate of drug-likeness (QED) is 0.447. The third-order valence-corrected chi connectivity index (χ3v) is 6.02. The zero-order valence-electron chi connectivity index (χ0n) is 15.9. The van der Waals surface area contributed by atoms with Crippen molar-refractivity contribution < 1.29 is 0 Å². The van der Waals surface area contributed by atoms with Crippen molar-refractivity contribution in [3.05, 3.63) is 39.9 Å². The highest BCUT2D eigenvalue weighted by Gasteiger charge is 2.20. The topological polar surface area (TPSA) is 0 Å². The SMILES string of the molecule is CCCC=Cc1cc(C)c(CCC2CCC(CCC)CC2)cc1Cl. The van der Waals surface area contributed by atoms with Crippen LogP contribution in [0.3, 0.4) is 0 Å². The Kier molecular flexibility index (Phi) is 8.39. The summed E-state index contributed by atoms with van der Waals surface area (Å²) in [6.07, 6.45) is 17.8. The molecule has 1 aromatic rings. The molecule has 1 aromatic carbocycles. The fourth-order valence-corrected chi connectivity index (χ4v) is 4.35. The lowest BCUT2D eigenvalue weighted by Crippen LogP contribution is -2.15. The fourth-order valence-electron chi connectivity index (χ4n) is 4.10. The van der Waals surface area contributed by atoms with Crippen molar-refractivity contribution in [2.24, 2.45) is 11.8 Å². The van der Waals surface area contributed by atoms with Crippen molar-refractivity contribution in [1.82, 2.24) is 0 Å². The molecule has 0 aliphatic heterocycles. The Labute approximate surface area is 154 Å². The predicted molar refractivity (Wildman–Crippen MR) is 109 cm³/mol. The minimum absolute atomic E-state index is 0.912. The van der Waals surface area contributed by atoms with Gasteiger partial charge in [0.25, 0.3) is 0 Å². The maximum atomic E-state index is 6.50. The van der Waals surface area contributed by atoms with Gasteiger partial charge in [-0.2, -0.15) is 0 Å². The van der Waals surface area contributed by atoms with Gasteiger partial charge in [-0.1, -0.05) is 88.6 Å². The lowest BCUT2D eigenvalue weighted by atomic mass is 9.78. The zero-order valence-corrected chi connectivity index (χ0v) is 16.7. The first-order chi connectivity index (χ1) is 11.6. The van der Waals surface area contributed by atoms with Crippen LogP contribution in [-0.4, -0.2) is 0 Å². The van der Waals surface area contributed by atoms with Crippen molar-refractivity contribution in [1.29, 1.82) is 0 Å². The molecule has 1 aliphatic carbocycles. The van der Waals surface area contributed by atoms with E-state index < -0.39 is 0 Å². The van der Waals surface area contributed by atoms with E-state index in [1.165, 1.54) is 74.5 Å². The number of unbranched alkanes of at least 4 members (excludes halogenated alkanes) is 1. The number of rotatable bonds is 8. The van der Waals surface area contributed by atoms with Crippen LogP contribution < -0.4 is 0 Å². The molecule has 0 radical (unpaired) electrons. The summed E-state index contributed by atoms with van der Waals surface area (Å²) < 4.78 is 0. The highest BCUT2D eigenvalue weighted by molar-refractivity contribution is 6.32. The van der Waals surface area contributed by atoms with E-state index in [0.29, 0.717) is 0 Å². The van der Waals surface area contributed by atoms with Gasteiger partial charge >= 0.3 is 0 Å². The van der Waals surface area contributed by atoms with Crippen LogP contribution in [0.5, 0.6) is 0 Å². The van der Waals surface area contributed by atoms with Gasteiger partial charge in [-0.15, -0.1) is 0 Å². The van der Waals surface area contributed by atoms with Crippen LogP contribution in [0.15, 0.2) is 18.2 Å². The van der Waals surface area contributed by atoms with E-state index in [2.05, 4.69) is 45.1 Å². The molecule has 0 spiro atoms. The second-order valence-corrected chi connectivity index (χ2v) is 8.11. The van der Waals surface area contributed by atoms with E-state index in [1.54, 1.807) is 0 Å². The third kappa shape index (κ3) is 5.96. The molecule has 0 amide bonds. The van der Waals surface area contributed by atoms with Gasteiger partial charge in [-0.25, -0.2) is 0 Å². The summed E-state index contributed by atoms with van der Waals surface area (Å²) in [4.78, 5) is 0. The van der Waals surface area contributed by atoms with Gasteiger partial charge in [0.15, 0.2) is 0 Å². The number of hydrogen-bond acceptors (Lipinski definition) is 0. The summed E-state index contributed by atoms with van der Waals surface area (Å²) in [5, 5.41) is 0.912. The lowest BCUT2D eigenvalue weighted by Gasteiger charge is -2.28. The first kappa shape index (κ1) is 19.6.